The molecule has 4 rings (SSSR count). The van der Waals surface area contributed by atoms with Crippen molar-refractivity contribution in [2.24, 2.45) is 0 Å². The molecule has 3 heterocycles. The second kappa shape index (κ2) is 9.23. The number of piperazine rings is 1. The van der Waals surface area contributed by atoms with Gasteiger partial charge < -0.3 is 19.9 Å². The van der Waals surface area contributed by atoms with Crippen LogP contribution in [0.15, 0.2) is 61.1 Å². The van der Waals surface area contributed by atoms with Crippen LogP contribution in [0.5, 0.6) is 5.75 Å². The summed E-state index contributed by atoms with van der Waals surface area (Å²) in [6.45, 7) is 4.49. The molecule has 0 aliphatic carbocycles. The number of benzene rings is 1. The number of nitrogens with one attached hydrogen (secondary N) is 1. The molecule has 1 aromatic carbocycles. The van der Waals surface area contributed by atoms with E-state index in [9.17, 15) is 0 Å². The minimum absolute atomic E-state index is 0.803. The Morgan fingerprint density at radius 1 is 0.897 bits per heavy atom. The van der Waals surface area contributed by atoms with Gasteiger partial charge in [-0.1, -0.05) is 18.2 Å². The molecule has 150 valence electrons. The molecule has 0 saturated carbocycles. The third-order valence-electron chi connectivity index (χ3n) is 5.08. The highest BCUT2D eigenvalue weighted by atomic mass is 16.5. The van der Waals surface area contributed by atoms with Crippen LogP contribution in [0, 0.1) is 0 Å². The van der Waals surface area contributed by atoms with E-state index in [1.807, 2.05) is 36.5 Å². The van der Waals surface area contributed by atoms with Gasteiger partial charge in [0.05, 0.1) is 7.11 Å². The molecule has 1 aliphatic rings. The van der Waals surface area contributed by atoms with Gasteiger partial charge in [-0.3, -0.25) is 0 Å². The Morgan fingerprint density at radius 2 is 1.72 bits per heavy atom. The lowest BCUT2D eigenvalue weighted by Crippen LogP contribution is -2.47. The quantitative estimate of drug-likeness (QED) is 0.665. The van der Waals surface area contributed by atoms with Gasteiger partial charge in [0.1, 0.15) is 29.5 Å². The van der Waals surface area contributed by atoms with E-state index in [0.29, 0.717) is 0 Å². The molecule has 7 nitrogen and oxygen atoms in total. The molecule has 1 aliphatic heterocycles. The van der Waals surface area contributed by atoms with Gasteiger partial charge in [-0.15, -0.1) is 0 Å². The highest BCUT2D eigenvalue weighted by molar-refractivity contribution is 5.50. The monoisotopic (exact) mass is 390 g/mol. The summed E-state index contributed by atoms with van der Waals surface area (Å²) in [7, 11) is 1.69. The van der Waals surface area contributed by atoms with Crippen molar-refractivity contribution in [2.75, 3.05) is 55.0 Å². The fraction of sp³-hybridized carbons (Fsp3) is 0.318. The van der Waals surface area contributed by atoms with E-state index >= 15 is 0 Å². The van der Waals surface area contributed by atoms with E-state index in [1.165, 1.54) is 5.56 Å². The molecule has 0 bridgehead atoms. The molecule has 0 spiro atoms. The van der Waals surface area contributed by atoms with Gasteiger partial charge in [0.15, 0.2) is 0 Å². The number of ether oxygens (including phenoxy) is 1. The summed E-state index contributed by atoms with van der Waals surface area (Å²) >= 11 is 0. The Labute approximate surface area is 171 Å². The van der Waals surface area contributed by atoms with Crippen molar-refractivity contribution >= 4 is 17.5 Å². The highest BCUT2D eigenvalue weighted by Gasteiger charge is 2.19. The average molecular weight is 390 g/mol. The molecule has 3 aromatic rings. The Bertz CT molecular complexity index is 912. The summed E-state index contributed by atoms with van der Waals surface area (Å²) in [5.41, 5.74) is 1.23. The van der Waals surface area contributed by atoms with Crippen LogP contribution in [-0.2, 0) is 6.42 Å². The summed E-state index contributed by atoms with van der Waals surface area (Å²) in [6.07, 6.45) is 4.38. The zero-order chi connectivity index (χ0) is 19.9. The van der Waals surface area contributed by atoms with Gasteiger partial charge in [-0.05, 0) is 36.2 Å². The molecule has 2 aromatic heterocycles. The first-order valence-corrected chi connectivity index (χ1v) is 9.91. The fourth-order valence-electron chi connectivity index (χ4n) is 3.48. The SMILES string of the molecule is COc1cccc(CCNc2cc(N3CCN(c4ccccn4)CC3)ncn2)c1. The lowest BCUT2D eigenvalue weighted by molar-refractivity contribution is 0.414. The van der Waals surface area contributed by atoms with Crippen molar-refractivity contribution in [1.82, 2.24) is 15.0 Å². The third-order valence-corrected chi connectivity index (χ3v) is 5.08. The number of hydrogen-bond acceptors (Lipinski definition) is 7. The van der Waals surface area contributed by atoms with Crippen LogP contribution < -0.4 is 19.9 Å². The van der Waals surface area contributed by atoms with E-state index in [0.717, 1.165) is 62.3 Å². The van der Waals surface area contributed by atoms with E-state index in [1.54, 1.807) is 13.4 Å². The second-order valence-electron chi connectivity index (χ2n) is 6.95. The van der Waals surface area contributed by atoms with Crippen molar-refractivity contribution in [3.63, 3.8) is 0 Å². The minimum Gasteiger partial charge on any atom is -0.497 e. The number of methoxy groups -OCH3 is 1. The molecular formula is C22H26N6O. The van der Waals surface area contributed by atoms with Crippen LogP contribution in [0.2, 0.25) is 0 Å². The smallest absolute Gasteiger partial charge is 0.134 e. The number of aromatic nitrogens is 3. The first-order chi connectivity index (χ1) is 14.3. The van der Waals surface area contributed by atoms with Crippen molar-refractivity contribution in [2.45, 2.75) is 6.42 Å². The Hall–Kier alpha value is -3.35. The van der Waals surface area contributed by atoms with Gasteiger partial charge >= 0.3 is 0 Å². The summed E-state index contributed by atoms with van der Waals surface area (Å²) in [5, 5.41) is 3.41. The van der Waals surface area contributed by atoms with Crippen LogP contribution in [0.4, 0.5) is 17.5 Å². The Balaban J connectivity index is 1.31. The first kappa shape index (κ1) is 19.0. The molecule has 29 heavy (non-hydrogen) atoms. The van der Waals surface area contributed by atoms with Crippen molar-refractivity contribution in [3.8, 4) is 5.75 Å². The number of hydrogen-bond donors (Lipinski definition) is 1. The van der Waals surface area contributed by atoms with E-state index < -0.39 is 0 Å². The van der Waals surface area contributed by atoms with E-state index in [4.69, 9.17) is 4.74 Å². The number of nitrogens with zero attached hydrogens (tertiary/aromatic N) is 5. The number of anilines is 3. The minimum atomic E-state index is 0.803. The molecule has 1 N–H and O–H groups in total. The lowest BCUT2D eigenvalue weighted by atomic mass is 10.1. The molecule has 0 atom stereocenters. The largest absolute Gasteiger partial charge is 0.497 e. The van der Waals surface area contributed by atoms with Gasteiger partial charge in [-0.2, -0.15) is 0 Å². The number of pyridine rings is 1. The van der Waals surface area contributed by atoms with E-state index in [-0.39, 0.29) is 0 Å². The fourth-order valence-corrected chi connectivity index (χ4v) is 3.48. The van der Waals surface area contributed by atoms with Crippen LogP contribution in [0.3, 0.4) is 0 Å². The van der Waals surface area contributed by atoms with Gasteiger partial charge in [0.2, 0.25) is 0 Å². The van der Waals surface area contributed by atoms with Crippen LogP contribution in [-0.4, -0.2) is 54.8 Å². The topological polar surface area (TPSA) is 66.4 Å². The third kappa shape index (κ3) is 4.93. The highest BCUT2D eigenvalue weighted by Crippen LogP contribution is 2.19. The van der Waals surface area contributed by atoms with Crippen LogP contribution >= 0.6 is 0 Å². The maximum atomic E-state index is 5.28. The Morgan fingerprint density at radius 3 is 2.48 bits per heavy atom. The first-order valence-electron chi connectivity index (χ1n) is 9.91. The summed E-state index contributed by atoms with van der Waals surface area (Å²) < 4.78 is 5.28. The summed E-state index contributed by atoms with van der Waals surface area (Å²) in [4.78, 5) is 17.9. The molecule has 1 fully saturated rings. The molecule has 0 unspecified atom stereocenters. The molecule has 7 heteroatoms. The number of rotatable bonds is 7. The zero-order valence-corrected chi connectivity index (χ0v) is 16.7. The van der Waals surface area contributed by atoms with Gasteiger partial charge in [0, 0.05) is 45.0 Å². The van der Waals surface area contributed by atoms with Crippen molar-refractivity contribution in [1.29, 1.82) is 0 Å². The van der Waals surface area contributed by atoms with Gasteiger partial charge in [-0.25, -0.2) is 15.0 Å². The van der Waals surface area contributed by atoms with Crippen molar-refractivity contribution < 1.29 is 4.74 Å². The standard InChI is InChI=1S/C22H26N6O/c1-29-19-6-4-5-18(15-19)8-10-23-20-16-22(26-17-25-20)28-13-11-27(12-14-28)21-7-2-3-9-24-21/h2-7,9,15-17H,8,10-14H2,1H3,(H,23,25,26). The predicted molar refractivity (Wildman–Crippen MR) is 116 cm³/mol. The lowest BCUT2D eigenvalue weighted by Gasteiger charge is -2.36. The maximum Gasteiger partial charge on any atom is 0.134 e. The normalized spacial score (nSPS) is 14.0. The Kier molecular flexibility index (Phi) is 6.04. The average Bonchev–Trinajstić information content (AvgIpc) is 2.80. The summed E-state index contributed by atoms with van der Waals surface area (Å²) in [5.74, 6) is 3.74. The van der Waals surface area contributed by atoms with E-state index in [2.05, 4.69) is 48.3 Å². The predicted octanol–water partition coefficient (Wildman–Crippen LogP) is 2.86. The molecule has 0 radical (unpaired) electrons. The van der Waals surface area contributed by atoms with Crippen molar-refractivity contribution in [3.05, 3.63) is 66.6 Å². The maximum absolute atomic E-state index is 5.28. The zero-order valence-electron chi connectivity index (χ0n) is 16.7. The summed E-state index contributed by atoms with van der Waals surface area (Å²) in [6, 6.07) is 16.2. The van der Waals surface area contributed by atoms with Crippen LogP contribution in [0.1, 0.15) is 5.56 Å². The molecule has 1 saturated heterocycles. The van der Waals surface area contributed by atoms with Crippen LogP contribution in [0.25, 0.3) is 0 Å². The molecular weight excluding hydrogens is 364 g/mol. The van der Waals surface area contributed by atoms with Gasteiger partial charge in [0.25, 0.3) is 0 Å². The molecule has 0 amide bonds. The second-order valence-corrected chi connectivity index (χ2v) is 6.95.